The van der Waals surface area contributed by atoms with Crippen LogP contribution in [0.2, 0.25) is 0 Å². The Bertz CT molecular complexity index is 578. The van der Waals surface area contributed by atoms with Gasteiger partial charge < -0.3 is 15.3 Å². The number of aliphatic hydroxyl groups is 1. The number of nitrogens with zero attached hydrogens (tertiary/aromatic N) is 3. The van der Waals surface area contributed by atoms with Gasteiger partial charge in [-0.2, -0.15) is 4.98 Å². The van der Waals surface area contributed by atoms with Crippen molar-refractivity contribution >= 4 is 33.3 Å². The maximum Gasteiger partial charge on any atom is 0.226 e. The zero-order chi connectivity index (χ0) is 13.9. The monoisotopic (exact) mass is 292 g/mol. The fourth-order valence-corrected chi connectivity index (χ4v) is 3.23. The number of piperidine rings is 1. The van der Waals surface area contributed by atoms with E-state index in [0.29, 0.717) is 5.95 Å². The number of rotatable bonds is 4. The molecule has 0 spiro atoms. The number of anilines is 2. The van der Waals surface area contributed by atoms with Crippen LogP contribution in [0.25, 0.3) is 10.2 Å². The second-order valence-corrected chi connectivity index (χ2v) is 6.05. The molecule has 6 heteroatoms. The predicted molar refractivity (Wildman–Crippen MR) is 83.6 cm³/mol. The molecular weight excluding hydrogens is 272 g/mol. The van der Waals surface area contributed by atoms with Crippen LogP contribution in [0, 0.1) is 0 Å². The molecule has 0 unspecified atom stereocenters. The number of nitrogens with one attached hydrogen (secondary N) is 1. The molecule has 1 fully saturated rings. The Balaban J connectivity index is 1.93. The average molecular weight is 292 g/mol. The molecule has 0 aromatic carbocycles. The minimum atomic E-state index is -0.163. The Hall–Kier alpha value is -1.40. The molecule has 1 aliphatic rings. The van der Waals surface area contributed by atoms with Crippen molar-refractivity contribution in [1.29, 1.82) is 0 Å². The van der Waals surface area contributed by atoms with Gasteiger partial charge in [0.25, 0.3) is 0 Å². The van der Waals surface area contributed by atoms with Gasteiger partial charge in [0.15, 0.2) is 0 Å². The highest BCUT2D eigenvalue weighted by molar-refractivity contribution is 7.16. The molecule has 0 amide bonds. The first-order valence-electron chi connectivity index (χ1n) is 7.20. The highest BCUT2D eigenvalue weighted by atomic mass is 32.1. The molecule has 3 heterocycles. The Labute approximate surface area is 122 Å². The minimum absolute atomic E-state index is 0.163. The fraction of sp³-hybridized carbons (Fsp3) is 0.571. The summed E-state index contributed by atoms with van der Waals surface area (Å²) in [6.07, 6.45) is 2.52. The molecule has 0 saturated carbocycles. The molecule has 108 valence electrons. The Morgan fingerprint density at radius 2 is 2.20 bits per heavy atom. The minimum Gasteiger partial charge on any atom is -0.393 e. The van der Waals surface area contributed by atoms with Crippen LogP contribution in [-0.2, 0) is 0 Å². The van der Waals surface area contributed by atoms with E-state index in [1.54, 1.807) is 11.3 Å². The molecule has 1 aliphatic heterocycles. The molecule has 5 nitrogen and oxygen atoms in total. The highest BCUT2D eigenvalue weighted by Gasteiger charge is 2.21. The van der Waals surface area contributed by atoms with Gasteiger partial charge in [-0.3, -0.25) is 0 Å². The number of aromatic nitrogens is 2. The van der Waals surface area contributed by atoms with Crippen LogP contribution in [-0.4, -0.2) is 40.8 Å². The van der Waals surface area contributed by atoms with Crippen LogP contribution in [0.3, 0.4) is 0 Å². The molecule has 0 atom stereocenters. The molecule has 20 heavy (non-hydrogen) atoms. The smallest absolute Gasteiger partial charge is 0.226 e. The molecule has 2 aromatic rings. The Morgan fingerprint density at radius 1 is 1.40 bits per heavy atom. The van der Waals surface area contributed by atoms with Crippen molar-refractivity contribution in [2.45, 2.75) is 32.3 Å². The number of aliphatic hydroxyl groups excluding tert-OH is 1. The van der Waals surface area contributed by atoms with Crippen molar-refractivity contribution in [3.63, 3.8) is 0 Å². The Morgan fingerprint density at radius 3 is 2.95 bits per heavy atom. The second kappa shape index (κ2) is 5.93. The lowest BCUT2D eigenvalue weighted by molar-refractivity contribution is 0.145. The maximum absolute atomic E-state index is 9.65. The molecule has 0 aliphatic carbocycles. The van der Waals surface area contributed by atoms with Gasteiger partial charge in [-0.25, -0.2) is 4.98 Å². The van der Waals surface area contributed by atoms with Crippen molar-refractivity contribution in [2.24, 2.45) is 0 Å². The van der Waals surface area contributed by atoms with Gasteiger partial charge in [0.2, 0.25) is 5.95 Å². The van der Waals surface area contributed by atoms with Gasteiger partial charge in [-0.15, -0.1) is 11.3 Å². The quantitative estimate of drug-likeness (QED) is 0.906. The first-order chi connectivity index (χ1) is 9.78. The van der Waals surface area contributed by atoms with E-state index in [2.05, 4.69) is 38.6 Å². The van der Waals surface area contributed by atoms with Gasteiger partial charge in [0.1, 0.15) is 10.6 Å². The first-order valence-corrected chi connectivity index (χ1v) is 8.08. The van der Waals surface area contributed by atoms with Crippen LogP contribution < -0.4 is 10.2 Å². The summed E-state index contributed by atoms with van der Waals surface area (Å²) in [4.78, 5) is 12.5. The molecule has 3 rings (SSSR count). The first kappa shape index (κ1) is 13.6. The molecular formula is C14H20N4OS. The van der Waals surface area contributed by atoms with Crippen molar-refractivity contribution < 1.29 is 5.11 Å². The molecule has 0 radical (unpaired) electrons. The van der Waals surface area contributed by atoms with E-state index >= 15 is 0 Å². The lowest BCUT2D eigenvalue weighted by Crippen LogP contribution is -2.36. The van der Waals surface area contributed by atoms with Gasteiger partial charge >= 0.3 is 0 Å². The topological polar surface area (TPSA) is 61.3 Å². The van der Waals surface area contributed by atoms with E-state index in [-0.39, 0.29) is 6.10 Å². The van der Waals surface area contributed by atoms with Crippen molar-refractivity contribution in [2.75, 3.05) is 29.9 Å². The summed E-state index contributed by atoms with van der Waals surface area (Å²) in [6.45, 7) is 4.73. The predicted octanol–water partition coefficient (Wildman–Crippen LogP) is 2.47. The lowest BCUT2D eigenvalue weighted by Gasteiger charge is -2.31. The van der Waals surface area contributed by atoms with Crippen LogP contribution >= 0.6 is 11.3 Å². The van der Waals surface area contributed by atoms with Crippen LogP contribution in [0.5, 0.6) is 0 Å². The van der Waals surface area contributed by atoms with Crippen LogP contribution in [0.1, 0.15) is 26.2 Å². The van der Waals surface area contributed by atoms with Crippen molar-refractivity contribution in [1.82, 2.24) is 9.97 Å². The number of hydrogen-bond acceptors (Lipinski definition) is 6. The van der Waals surface area contributed by atoms with E-state index in [1.165, 1.54) is 0 Å². The van der Waals surface area contributed by atoms with Gasteiger partial charge in [0, 0.05) is 19.6 Å². The second-order valence-electron chi connectivity index (χ2n) is 5.16. The third kappa shape index (κ3) is 2.71. The van der Waals surface area contributed by atoms with E-state index in [0.717, 1.165) is 54.9 Å². The fourth-order valence-electron chi connectivity index (χ4n) is 2.47. The summed E-state index contributed by atoms with van der Waals surface area (Å²) < 4.78 is 0. The van der Waals surface area contributed by atoms with E-state index in [4.69, 9.17) is 0 Å². The van der Waals surface area contributed by atoms with Crippen molar-refractivity contribution in [3.8, 4) is 0 Å². The standard InChI is InChI=1S/C14H20N4OS/c1-2-6-15-14-16-12(11-5-9-20-13(11)17-14)18-7-3-10(19)4-8-18/h5,9-10,19H,2-4,6-8H2,1H3,(H,15,16,17). The van der Waals surface area contributed by atoms with E-state index in [1.807, 2.05) is 0 Å². The summed E-state index contributed by atoms with van der Waals surface area (Å²) >= 11 is 1.65. The summed E-state index contributed by atoms with van der Waals surface area (Å²) in [7, 11) is 0. The molecule has 0 bridgehead atoms. The van der Waals surface area contributed by atoms with E-state index < -0.39 is 0 Å². The van der Waals surface area contributed by atoms with Gasteiger partial charge in [-0.05, 0) is 30.7 Å². The summed E-state index contributed by atoms with van der Waals surface area (Å²) in [6, 6.07) is 2.09. The van der Waals surface area contributed by atoms with E-state index in [9.17, 15) is 5.11 Å². The molecule has 2 aromatic heterocycles. The SMILES string of the molecule is CCCNc1nc(N2CCC(O)CC2)c2ccsc2n1. The summed E-state index contributed by atoms with van der Waals surface area (Å²) in [5.41, 5.74) is 0. The third-order valence-electron chi connectivity index (χ3n) is 3.60. The van der Waals surface area contributed by atoms with Gasteiger partial charge in [-0.1, -0.05) is 6.92 Å². The zero-order valence-corrected chi connectivity index (χ0v) is 12.5. The maximum atomic E-state index is 9.65. The number of thiophene rings is 1. The average Bonchev–Trinajstić information content (AvgIpc) is 2.93. The molecule has 2 N–H and O–H groups in total. The Kier molecular flexibility index (Phi) is 4.03. The van der Waals surface area contributed by atoms with Gasteiger partial charge in [0.05, 0.1) is 11.5 Å². The molecule has 1 saturated heterocycles. The summed E-state index contributed by atoms with van der Waals surface area (Å²) in [5, 5.41) is 16.1. The lowest BCUT2D eigenvalue weighted by atomic mass is 10.1. The van der Waals surface area contributed by atoms with Crippen LogP contribution in [0.15, 0.2) is 11.4 Å². The third-order valence-corrected chi connectivity index (χ3v) is 4.41. The zero-order valence-electron chi connectivity index (χ0n) is 11.7. The summed E-state index contributed by atoms with van der Waals surface area (Å²) in [5.74, 6) is 1.71. The van der Waals surface area contributed by atoms with Crippen LogP contribution in [0.4, 0.5) is 11.8 Å². The largest absolute Gasteiger partial charge is 0.393 e. The highest BCUT2D eigenvalue weighted by Crippen LogP contribution is 2.30. The van der Waals surface area contributed by atoms with Crippen molar-refractivity contribution in [3.05, 3.63) is 11.4 Å². The number of hydrogen-bond donors (Lipinski definition) is 2. The normalized spacial score (nSPS) is 16.8. The number of fused-ring (bicyclic) bond motifs is 1.